The SMILES string of the molecule is CCCCOc1ccc(-c2ccc(-c3ccc(C(=O)Oc4ccc(OCCCC)c(F)c4)cc3)c(F)c2F)cc1. The molecule has 0 radical (unpaired) electrons. The molecule has 40 heavy (non-hydrogen) atoms. The van der Waals surface area contributed by atoms with Crippen LogP contribution in [0.25, 0.3) is 22.3 Å². The Morgan fingerprint density at radius 3 is 1.73 bits per heavy atom. The smallest absolute Gasteiger partial charge is 0.343 e. The van der Waals surface area contributed by atoms with Crippen molar-refractivity contribution in [1.29, 1.82) is 0 Å². The van der Waals surface area contributed by atoms with Crippen LogP contribution in [0.4, 0.5) is 13.2 Å². The molecule has 0 unspecified atom stereocenters. The Hall–Kier alpha value is -4.26. The minimum absolute atomic E-state index is 0.0266. The summed E-state index contributed by atoms with van der Waals surface area (Å²) in [7, 11) is 0. The molecule has 0 aromatic heterocycles. The summed E-state index contributed by atoms with van der Waals surface area (Å²) in [6.45, 7) is 5.08. The van der Waals surface area contributed by atoms with Gasteiger partial charge in [-0.05, 0) is 60.4 Å². The molecule has 208 valence electrons. The number of benzene rings is 4. The molecule has 4 aromatic rings. The summed E-state index contributed by atoms with van der Waals surface area (Å²) in [6.07, 6.45) is 3.68. The number of hydrogen-bond acceptors (Lipinski definition) is 4. The average Bonchev–Trinajstić information content (AvgIpc) is 2.96. The standard InChI is InChI=1S/C33H31F3O4/c1-3-5-19-38-25-13-11-23(12-14-25)28-17-16-27(31(35)32(28)36)22-7-9-24(10-8-22)33(37)40-26-15-18-30(29(34)21-26)39-20-6-4-2/h7-18,21H,3-6,19-20H2,1-2H3. The minimum Gasteiger partial charge on any atom is -0.494 e. The number of unbranched alkanes of at least 4 members (excludes halogenated alkanes) is 2. The van der Waals surface area contributed by atoms with Gasteiger partial charge in [0, 0.05) is 17.2 Å². The molecule has 4 nitrogen and oxygen atoms in total. The zero-order chi connectivity index (χ0) is 28.5. The van der Waals surface area contributed by atoms with Gasteiger partial charge >= 0.3 is 5.97 Å². The molecule has 0 aliphatic heterocycles. The Morgan fingerprint density at radius 2 is 1.18 bits per heavy atom. The molecule has 0 saturated carbocycles. The quantitative estimate of drug-likeness (QED) is 0.101. The van der Waals surface area contributed by atoms with Gasteiger partial charge in [0.1, 0.15) is 11.5 Å². The highest BCUT2D eigenvalue weighted by atomic mass is 19.2. The van der Waals surface area contributed by atoms with Crippen LogP contribution in [0.15, 0.2) is 78.9 Å². The third kappa shape index (κ3) is 7.03. The molecule has 0 aliphatic rings. The monoisotopic (exact) mass is 548 g/mol. The van der Waals surface area contributed by atoms with Crippen LogP contribution in [-0.4, -0.2) is 19.2 Å². The summed E-state index contributed by atoms with van der Waals surface area (Å²) in [5.41, 5.74) is 1.28. The third-order valence-corrected chi connectivity index (χ3v) is 6.32. The number of carbonyl (C=O) groups is 1. The van der Waals surface area contributed by atoms with Crippen molar-refractivity contribution in [3.8, 4) is 39.5 Å². The highest BCUT2D eigenvalue weighted by molar-refractivity contribution is 5.91. The van der Waals surface area contributed by atoms with Crippen molar-refractivity contribution in [3.05, 3.63) is 102 Å². The summed E-state index contributed by atoms with van der Waals surface area (Å²) in [5, 5.41) is 0. The van der Waals surface area contributed by atoms with Gasteiger partial charge in [-0.3, -0.25) is 0 Å². The van der Waals surface area contributed by atoms with Crippen molar-refractivity contribution in [2.24, 2.45) is 0 Å². The second kappa shape index (κ2) is 13.7. The lowest BCUT2D eigenvalue weighted by Gasteiger charge is -2.11. The Bertz CT molecular complexity index is 1430. The first-order valence-electron chi connectivity index (χ1n) is 13.4. The van der Waals surface area contributed by atoms with Gasteiger partial charge in [-0.15, -0.1) is 0 Å². The van der Waals surface area contributed by atoms with E-state index in [9.17, 15) is 9.18 Å². The van der Waals surface area contributed by atoms with Gasteiger partial charge in [-0.2, -0.15) is 0 Å². The Kier molecular flexibility index (Phi) is 9.84. The van der Waals surface area contributed by atoms with Crippen molar-refractivity contribution in [2.45, 2.75) is 39.5 Å². The van der Waals surface area contributed by atoms with Gasteiger partial charge in [0.05, 0.1) is 18.8 Å². The highest BCUT2D eigenvalue weighted by Crippen LogP contribution is 2.32. The molecule has 0 bridgehead atoms. The lowest BCUT2D eigenvalue weighted by molar-refractivity contribution is 0.0734. The van der Waals surface area contributed by atoms with Crippen LogP contribution in [-0.2, 0) is 0 Å². The first-order valence-corrected chi connectivity index (χ1v) is 13.4. The Morgan fingerprint density at radius 1 is 0.650 bits per heavy atom. The second-order valence-electron chi connectivity index (χ2n) is 9.28. The van der Waals surface area contributed by atoms with Crippen LogP contribution in [0.2, 0.25) is 0 Å². The van der Waals surface area contributed by atoms with Crippen LogP contribution in [0.3, 0.4) is 0 Å². The zero-order valence-corrected chi connectivity index (χ0v) is 22.5. The number of halogens is 3. The van der Waals surface area contributed by atoms with E-state index in [4.69, 9.17) is 14.2 Å². The molecule has 0 aliphatic carbocycles. The van der Waals surface area contributed by atoms with Crippen molar-refractivity contribution >= 4 is 5.97 Å². The normalized spacial score (nSPS) is 10.8. The predicted molar refractivity (Wildman–Crippen MR) is 149 cm³/mol. The maximum atomic E-state index is 15.1. The van der Waals surface area contributed by atoms with Crippen molar-refractivity contribution in [2.75, 3.05) is 13.2 Å². The van der Waals surface area contributed by atoms with Crippen molar-refractivity contribution in [1.82, 2.24) is 0 Å². The summed E-state index contributed by atoms with van der Waals surface area (Å²) in [4.78, 5) is 12.6. The lowest BCUT2D eigenvalue weighted by Crippen LogP contribution is -2.09. The van der Waals surface area contributed by atoms with Crippen LogP contribution in [0.1, 0.15) is 49.9 Å². The summed E-state index contributed by atoms with van der Waals surface area (Å²) >= 11 is 0. The average molecular weight is 549 g/mol. The maximum absolute atomic E-state index is 15.1. The molecule has 0 amide bonds. The van der Waals surface area contributed by atoms with E-state index in [1.165, 1.54) is 48.5 Å². The largest absolute Gasteiger partial charge is 0.494 e. The Balaban J connectivity index is 1.44. The summed E-state index contributed by atoms with van der Waals surface area (Å²) in [5.74, 6) is -2.52. The number of carbonyl (C=O) groups excluding carboxylic acids is 1. The van der Waals surface area contributed by atoms with Gasteiger partial charge in [-0.1, -0.05) is 63.1 Å². The van der Waals surface area contributed by atoms with Gasteiger partial charge in [0.25, 0.3) is 0 Å². The molecule has 0 saturated heterocycles. The van der Waals surface area contributed by atoms with E-state index in [2.05, 4.69) is 6.92 Å². The topological polar surface area (TPSA) is 44.8 Å². The number of rotatable bonds is 12. The van der Waals surface area contributed by atoms with E-state index in [-0.39, 0.29) is 28.2 Å². The molecular weight excluding hydrogens is 517 g/mol. The van der Waals surface area contributed by atoms with Crippen LogP contribution in [0.5, 0.6) is 17.2 Å². The molecule has 4 rings (SSSR count). The van der Waals surface area contributed by atoms with Gasteiger partial charge in [0.2, 0.25) is 0 Å². The van der Waals surface area contributed by atoms with Crippen LogP contribution in [0, 0.1) is 17.5 Å². The fraction of sp³-hybridized carbons (Fsp3) is 0.242. The van der Waals surface area contributed by atoms with E-state index in [1.54, 1.807) is 24.3 Å². The maximum Gasteiger partial charge on any atom is 0.343 e. The summed E-state index contributed by atoms with van der Waals surface area (Å²) < 4.78 is 60.7. The molecule has 0 atom stereocenters. The molecular formula is C33H31F3O4. The first kappa shape index (κ1) is 28.7. The molecule has 0 heterocycles. The van der Waals surface area contributed by atoms with Crippen molar-refractivity contribution in [3.63, 3.8) is 0 Å². The molecule has 0 spiro atoms. The van der Waals surface area contributed by atoms with E-state index >= 15 is 8.78 Å². The van der Waals surface area contributed by atoms with E-state index in [0.717, 1.165) is 31.7 Å². The number of ether oxygens (including phenoxy) is 3. The zero-order valence-electron chi connectivity index (χ0n) is 22.5. The van der Waals surface area contributed by atoms with Crippen LogP contribution >= 0.6 is 0 Å². The summed E-state index contributed by atoms with van der Waals surface area (Å²) in [6, 6.07) is 19.7. The van der Waals surface area contributed by atoms with E-state index < -0.39 is 23.4 Å². The fourth-order valence-electron chi connectivity index (χ4n) is 4.00. The molecule has 0 fully saturated rings. The molecule has 7 heteroatoms. The molecule has 0 N–H and O–H groups in total. The van der Waals surface area contributed by atoms with Crippen molar-refractivity contribution < 1.29 is 32.2 Å². The third-order valence-electron chi connectivity index (χ3n) is 6.32. The second-order valence-corrected chi connectivity index (χ2v) is 9.28. The first-order chi connectivity index (χ1) is 19.4. The lowest BCUT2D eigenvalue weighted by atomic mass is 9.98. The van der Waals surface area contributed by atoms with E-state index in [1.807, 2.05) is 6.92 Å². The van der Waals surface area contributed by atoms with Gasteiger partial charge in [-0.25, -0.2) is 18.0 Å². The number of esters is 1. The highest BCUT2D eigenvalue weighted by Gasteiger charge is 2.17. The Labute approximate surface area is 232 Å². The van der Waals surface area contributed by atoms with Crippen LogP contribution < -0.4 is 14.2 Å². The molecule has 4 aromatic carbocycles. The number of hydrogen-bond donors (Lipinski definition) is 0. The van der Waals surface area contributed by atoms with Gasteiger partial charge < -0.3 is 14.2 Å². The fourth-order valence-corrected chi connectivity index (χ4v) is 4.00. The predicted octanol–water partition coefficient (Wildman–Crippen LogP) is 9.01. The minimum atomic E-state index is -0.993. The van der Waals surface area contributed by atoms with E-state index in [0.29, 0.717) is 30.1 Å². The van der Waals surface area contributed by atoms with Gasteiger partial charge in [0.15, 0.2) is 23.2 Å².